The molecular formula is C12H15N3O2. The normalized spacial score (nSPS) is 16.6. The summed E-state index contributed by atoms with van der Waals surface area (Å²) in [6, 6.07) is 5.47. The standard InChI is InChI=1S/C12H15N3O2/c1-9-4-3-5-10(13-9)8-15-7-6-11(16)14(2)12(15)17/h3-5H,6-8H2,1-2H3. The maximum absolute atomic E-state index is 11.8. The minimum Gasteiger partial charge on any atom is -0.318 e. The molecule has 1 aliphatic rings. The average molecular weight is 233 g/mol. The zero-order valence-corrected chi connectivity index (χ0v) is 10.0. The second kappa shape index (κ2) is 4.53. The molecule has 0 atom stereocenters. The number of rotatable bonds is 2. The Balaban J connectivity index is 2.09. The van der Waals surface area contributed by atoms with E-state index in [0.29, 0.717) is 19.5 Å². The van der Waals surface area contributed by atoms with Gasteiger partial charge in [0.25, 0.3) is 0 Å². The van der Waals surface area contributed by atoms with Crippen molar-refractivity contribution in [1.82, 2.24) is 14.8 Å². The van der Waals surface area contributed by atoms with Gasteiger partial charge in [-0.3, -0.25) is 14.7 Å². The first-order valence-electron chi connectivity index (χ1n) is 5.56. The average Bonchev–Trinajstić information content (AvgIpc) is 2.30. The van der Waals surface area contributed by atoms with Gasteiger partial charge in [0.15, 0.2) is 0 Å². The van der Waals surface area contributed by atoms with Gasteiger partial charge in [0.05, 0.1) is 12.2 Å². The third kappa shape index (κ3) is 2.43. The van der Waals surface area contributed by atoms with Crippen LogP contribution in [0.15, 0.2) is 18.2 Å². The zero-order valence-electron chi connectivity index (χ0n) is 10.0. The van der Waals surface area contributed by atoms with Gasteiger partial charge in [-0.15, -0.1) is 0 Å². The van der Waals surface area contributed by atoms with Crippen molar-refractivity contribution in [3.8, 4) is 0 Å². The lowest BCUT2D eigenvalue weighted by Gasteiger charge is -2.31. The second-order valence-corrected chi connectivity index (χ2v) is 4.18. The minimum absolute atomic E-state index is 0.122. The van der Waals surface area contributed by atoms with E-state index in [-0.39, 0.29) is 11.9 Å². The maximum atomic E-state index is 11.8. The van der Waals surface area contributed by atoms with E-state index in [2.05, 4.69) is 4.98 Å². The summed E-state index contributed by atoms with van der Waals surface area (Å²) in [4.78, 5) is 30.3. The molecule has 5 heteroatoms. The Bertz CT molecular complexity index is 459. The Morgan fingerprint density at radius 3 is 2.82 bits per heavy atom. The second-order valence-electron chi connectivity index (χ2n) is 4.18. The largest absolute Gasteiger partial charge is 0.326 e. The van der Waals surface area contributed by atoms with Gasteiger partial charge in [0.2, 0.25) is 5.91 Å². The van der Waals surface area contributed by atoms with Gasteiger partial charge in [0, 0.05) is 25.7 Å². The summed E-state index contributed by atoms with van der Waals surface area (Å²) in [5, 5.41) is 0. The molecule has 2 rings (SSSR count). The van der Waals surface area contributed by atoms with Crippen LogP contribution in [0.25, 0.3) is 0 Å². The summed E-state index contributed by atoms with van der Waals surface area (Å²) in [6.07, 6.45) is 0.383. The summed E-state index contributed by atoms with van der Waals surface area (Å²) in [7, 11) is 1.51. The van der Waals surface area contributed by atoms with E-state index in [0.717, 1.165) is 11.4 Å². The Kier molecular flexibility index (Phi) is 3.08. The van der Waals surface area contributed by atoms with Crippen LogP contribution in [0.1, 0.15) is 17.8 Å². The molecule has 0 radical (unpaired) electrons. The molecule has 17 heavy (non-hydrogen) atoms. The molecule has 1 aromatic rings. The van der Waals surface area contributed by atoms with Gasteiger partial charge in [-0.25, -0.2) is 4.79 Å². The molecule has 2 heterocycles. The molecule has 0 aliphatic carbocycles. The Hall–Kier alpha value is -1.91. The quantitative estimate of drug-likeness (QED) is 0.770. The van der Waals surface area contributed by atoms with E-state index in [1.165, 1.54) is 11.9 Å². The van der Waals surface area contributed by atoms with Crippen LogP contribution in [-0.2, 0) is 11.3 Å². The van der Waals surface area contributed by atoms with Crippen molar-refractivity contribution in [1.29, 1.82) is 0 Å². The SMILES string of the molecule is Cc1cccc(CN2CCC(=O)N(C)C2=O)n1. The van der Waals surface area contributed by atoms with Gasteiger partial charge in [-0.2, -0.15) is 0 Å². The molecule has 0 bridgehead atoms. The number of amides is 3. The fourth-order valence-electron chi connectivity index (χ4n) is 1.84. The number of nitrogens with zero attached hydrogens (tertiary/aromatic N) is 3. The van der Waals surface area contributed by atoms with Crippen LogP contribution in [0.4, 0.5) is 4.79 Å². The smallest absolute Gasteiger partial charge is 0.318 e. The molecular weight excluding hydrogens is 218 g/mol. The highest BCUT2D eigenvalue weighted by molar-refractivity contribution is 5.96. The topological polar surface area (TPSA) is 53.5 Å². The zero-order chi connectivity index (χ0) is 12.4. The highest BCUT2D eigenvalue weighted by Crippen LogP contribution is 2.12. The van der Waals surface area contributed by atoms with E-state index < -0.39 is 0 Å². The molecule has 0 unspecified atom stereocenters. The van der Waals surface area contributed by atoms with Crippen LogP contribution in [0.2, 0.25) is 0 Å². The third-order valence-corrected chi connectivity index (χ3v) is 2.83. The van der Waals surface area contributed by atoms with E-state index in [9.17, 15) is 9.59 Å². The van der Waals surface area contributed by atoms with E-state index in [1.807, 2.05) is 25.1 Å². The fraction of sp³-hybridized carbons (Fsp3) is 0.417. The fourth-order valence-corrected chi connectivity index (χ4v) is 1.84. The van der Waals surface area contributed by atoms with Crippen molar-refractivity contribution in [2.75, 3.05) is 13.6 Å². The van der Waals surface area contributed by atoms with Crippen LogP contribution in [0.3, 0.4) is 0 Å². The lowest BCUT2D eigenvalue weighted by molar-refractivity contribution is -0.129. The summed E-state index contributed by atoms with van der Waals surface area (Å²) < 4.78 is 0. The summed E-state index contributed by atoms with van der Waals surface area (Å²) in [5.41, 5.74) is 1.78. The molecule has 1 aromatic heterocycles. The molecule has 5 nitrogen and oxygen atoms in total. The van der Waals surface area contributed by atoms with Crippen molar-refractivity contribution >= 4 is 11.9 Å². The van der Waals surface area contributed by atoms with Crippen molar-refractivity contribution in [2.45, 2.75) is 19.9 Å². The lowest BCUT2D eigenvalue weighted by atomic mass is 10.2. The molecule has 1 aliphatic heterocycles. The van der Waals surface area contributed by atoms with Gasteiger partial charge in [-0.05, 0) is 19.1 Å². The summed E-state index contributed by atoms with van der Waals surface area (Å²) >= 11 is 0. The van der Waals surface area contributed by atoms with Crippen molar-refractivity contribution in [2.24, 2.45) is 0 Å². The van der Waals surface area contributed by atoms with Gasteiger partial charge < -0.3 is 4.90 Å². The number of carbonyl (C=O) groups excluding carboxylic acids is 2. The maximum Gasteiger partial charge on any atom is 0.326 e. The van der Waals surface area contributed by atoms with Gasteiger partial charge in [-0.1, -0.05) is 6.07 Å². The Labute approximate surface area is 100 Å². The Morgan fingerprint density at radius 2 is 2.12 bits per heavy atom. The highest BCUT2D eigenvalue weighted by atomic mass is 16.2. The number of aromatic nitrogens is 1. The molecule has 0 aromatic carbocycles. The number of urea groups is 1. The predicted octanol–water partition coefficient (Wildman–Crippen LogP) is 1.17. The van der Waals surface area contributed by atoms with E-state index in [1.54, 1.807) is 4.90 Å². The molecule has 0 spiro atoms. The first kappa shape index (κ1) is 11.6. The van der Waals surface area contributed by atoms with Crippen LogP contribution in [-0.4, -0.2) is 40.3 Å². The predicted molar refractivity (Wildman–Crippen MR) is 62.2 cm³/mol. The van der Waals surface area contributed by atoms with E-state index in [4.69, 9.17) is 0 Å². The van der Waals surface area contributed by atoms with Crippen molar-refractivity contribution < 1.29 is 9.59 Å². The van der Waals surface area contributed by atoms with Crippen molar-refractivity contribution in [3.05, 3.63) is 29.6 Å². The molecule has 0 N–H and O–H groups in total. The van der Waals surface area contributed by atoms with E-state index >= 15 is 0 Å². The van der Waals surface area contributed by atoms with Crippen LogP contribution < -0.4 is 0 Å². The number of imide groups is 1. The number of aryl methyl sites for hydroxylation is 1. The number of hydrogen-bond acceptors (Lipinski definition) is 3. The molecule has 3 amide bonds. The molecule has 0 saturated carbocycles. The Morgan fingerprint density at radius 1 is 1.35 bits per heavy atom. The number of pyridine rings is 1. The third-order valence-electron chi connectivity index (χ3n) is 2.83. The van der Waals surface area contributed by atoms with Crippen LogP contribution >= 0.6 is 0 Å². The summed E-state index contributed by atoms with van der Waals surface area (Å²) in [6.45, 7) is 2.84. The number of hydrogen-bond donors (Lipinski definition) is 0. The molecule has 1 saturated heterocycles. The molecule has 1 fully saturated rings. The van der Waals surface area contributed by atoms with Crippen LogP contribution in [0.5, 0.6) is 0 Å². The first-order chi connectivity index (χ1) is 8.08. The lowest BCUT2D eigenvalue weighted by Crippen LogP contribution is -2.49. The van der Waals surface area contributed by atoms with Gasteiger partial charge in [0.1, 0.15) is 0 Å². The number of carbonyl (C=O) groups is 2. The first-order valence-corrected chi connectivity index (χ1v) is 5.56. The monoisotopic (exact) mass is 233 g/mol. The highest BCUT2D eigenvalue weighted by Gasteiger charge is 2.28. The summed E-state index contributed by atoms with van der Waals surface area (Å²) in [5.74, 6) is -0.122. The van der Waals surface area contributed by atoms with Crippen LogP contribution in [0, 0.1) is 6.92 Å². The van der Waals surface area contributed by atoms with Crippen molar-refractivity contribution in [3.63, 3.8) is 0 Å². The molecule has 90 valence electrons. The minimum atomic E-state index is -0.246. The van der Waals surface area contributed by atoms with Gasteiger partial charge >= 0.3 is 6.03 Å².